The Labute approximate surface area is 140 Å². The van der Waals surface area contributed by atoms with Crippen LogP contribution in [0.4, 0.5) is 11.6 Å². The lowest BCUT2D eigenvalue weighted by Crippen LogP contribution is -2.29. The van der Waals surface area contributed by atoms with Crippen molar-refractivity contribution < 1.29 is 8.42 Å². The molecule has 0 fully saturated rings. The average Bonchev–Trinajstić information content (AvgIpc) is 2.50. The van der Waals surface area contributed by atoms with E-state index in [9.17, 15) is 8.42 Å². The van der Waals surface area contributed by atoms with Crippen LogP contribution in [0, 0.1) is 0 Å². The smallest absolute Gasteiger partial charge is 0.302 e. The van der Waals surface area contributed by atoms with E-state index in [0.29, 0.717) is 17.4 Å². The molecule has 0 atom stereocenters. The minimum atomic E-state index is -3.57. The summed E-state index contributed by atoms with van der Waals surface area (Å²) >= 11 is 5.84. The van der Waals surface area contributed by atoms with Crippen LogP contribution in [0.15, 0.2) is 36.4 Å². The lowest BCUT2D eigenvalue weighted by molar-refractivity contribution is 0.526. The van der Waals surface area contributed by atoms with Crippen LogP contribution in [0.25, 0.3) is 0 Å². The molecule has 0 aliphatic rings. The Morgan fingerprint density at radius 3 is 2.22 bits per heavy atom. The second-order valence-corrected chi connectivity index (χ2v) is 7.32. The summed E-state index contributed by atoms with van der Waals surface area (Å²) in [6.45, 7) is 0.680. The molecule has 0 radical (unpaired) electrons. The van der Waals surface area contributed by atoms with Gasteiger partial charge in [-0.15, -0.1) is 10.2 Å². The van der Waals surface area contributed by atoms with Crippen LogP contribution in [-0.2, 0) is 16.6 Å². The maximum atomic E-state index is 11.7. The van der Waals surface area contributed by atoms with Crippen LogP contribution in [0.2, 0.25) is 5.02 Å². The molecule has 1 heterocycles. The first kappa shape index (κ1) is 17.5. The number of rotatable bonds is 7. The number of hydrogen-bond acceptors (Lipinski definition) is 5. The summed E-state index contributed by atoms with van der Waals surface area (Å²) in [5.41, 5.74) is 1.16. The van der Waals surface area contributed by atoms with Crippen LogP contribution < -0.4 is 10.0 Å². The van der Waals surface area contributed by atoms with Crippen LogP contribution in [0.1, 0.15) is 5.56 Å². The maximum absolute atomic E-state index is 11.7. The van der Waals surface area contributed by atoms with Gasteiger partial charge in [-0.05, 0) is 36.2 Å². The standard InChI is InChI=1S/C14H18ClN5O2S/c1-20(2)23(21,22)19-14-8-7-13(17-18-14)16-10-9-11-3-5-12(15)6-4-11/h3-8H,9-10H2,1-2H3,(H,16,17)(H,18,19). The van der Waals surface area contributed by atoms with Crippen molar-refractivity contribution >= 4 is 33.4 Å². The lowest BCUT2D eigenvalue weighted by Gasteiger charge is -2.12. The molecule has 0 aliphatic heterocycles. The molecule has 9 heteroatoms. The predicted molar refractivity (Wildman–Crippen MR) is 91.9 cm³/mol. The van der Waals surface area contributed by atoms with Gasteiger partial charge in [0.1, 0.15) is 5.82 Å². The fourth-order valence-corrected chi connectivity index (χ4v) is 2.37. The zero-order chi connectivity index (χ0) is 16.9. The number of halogens is 1. The fraction of sp³-hybridized carbons (Fsp3) is 0.286. The number of aromatic nitrogens is 2. The molecule has 1 aromatic heterocycles. The molecule has 124 valence electrons. The van der Waals surface area contributed by atoms with E-state index in [1.54, 1.807) is 12.1 Å². The van der Waals surface area contributed by atoms with E-state index >= 15 is 0 Å². The number of benzene rings is 1. The van der Waals surface area contributed by atoms with Crippen LogP contribution in [0.5, 0.6) is 0 Å². The third-order valence-electron chi connectivity index (χ3n) is 3.01. The Hall–Kier alpha value is -1.90. The highest BCUT2D eigenvalue weighted by molar-refractivity contribution is 7.90. The lowest BCUT2D eigenvalue weighted by atomic mass is 10.1. The average molecular weight is 356 g/mol. The summed E-state index contributed by atoms with van der Waals surface area (Å²) in [6, 6.07) is 10.9. The van der Waals surface area contributed by atoms with Crippen molar-refractivity contribution in [2.45, 2.75) is 6.42 Å². The largest absolute Gasteiger partial charge is 0.368 e. The van der Waals surface area contributed by atoms with E-state index in [1.165, 1.54) is 14.1 Å². The van der Waals surface area contributed by atoms with Gasteiger partial charge in [-0.1, -0.05) is 23.7 Å². The Balaban J connectivity index is 1.86. The third kappa shape index (κ3) is 5.34. The van der Waals surface area contributed by atoms with Crippen molar-refractivity contribution in [2.24, 2.45) is 0 Å². The topological polar surface area (TPSA) is 87.2 Å². The summed E-state index contributed by atoms with van der Waals surface area (Å²) in [4.78, 5) is 0. The van der Waals surface area contributed by atoms with Gasteiger partial charge in [-0.3, -0.25) is 4.72 Å². The van der Waals surface area contributed by atoms with Gasteiger partial charge in [0.25, 0.3) is 0 Å². The SMILES string of the molecule is CN(C)S(=O)(=O)Nc1ccc(NCCc2ccc(Cl)cc2)nn1. The fourth-order valence-electron chi connectivity index (χ4n) is 1.69. The molecule has 0 saturated carbocycles. The summed E-state index contributed by atoms with van der Waals surface area (Å²) in [5, 5.41) is 11.6. The van der Waals surface area contributed by atoms with E-state index in [2.05, 4.69) is 20.2 Å². The number of nitrogens with zero attached hydrogens (tertiary/aromatic N) is 3. The van der Waals surface area contributed by atoms with E-state index < -0.39 is 10.2 Å². The highest BCUT2D eigenvalue weighted by Gasteiger charge is 2.13. The summed E-state index contributed by atoms with van der Waals surface area (Å²) in [7, 11) is -0.705. The Bertz CT molecular complexity index is 733. The molecule has 2 aromatic rings. The number of anilines is 2. The van der Waals surface area contributed by atoms with Crippen molar-refractivity contribution in [3.05, 3.63) is 47.0 Å². The molecular weight excluding hydrogens is 338 g/mol. The molecule has 0 aliphatic carbocycles. The summed E-state index contributed by atoms with van der Waals surface area (Å²) in [6.07, 6.45) is 0.813. The molecule has 2 N–H and O–H groups in total. The van der Waals surface area contributed by atoms with Crippen molar-refractivity contribution in [3.63, 3.8) is 0 Å². The molecule has 0 bridgehead atoms. The molecule has 0 amide bonds. The molecule has 23 heavy (non-hydrogen) atoms. The van der Waals surface area contributed by atoms with Crippen LogP contribution >= 0.6 is 11.6 Å². The second-order valence-electron chi connectivity index (χ2n) is 5.00. The van der Waals surface area contributed by atoms with Crippen LogP contribution in [0.3, 0.4) is 0 Å². The molecule has 0 saturated heterocycles. The number of hydrogen-bond donors (Lipinski definition) is 2. The van der Waals surface area contributed by atoms with E-state index in [-0.39, 0.29) is 5.82 Å². The third-order valence-corrected chi connectivity index (χ3v) is 4.69. The minimum Gasteiger partial charge on any atom is -0.368 e. The van der Waals surface area contributed by atoms with Gasteiger partial charge in [0.05, 0.1) is 0 Å². The predicted octanol–water partition coefficient (Wildman–Crippen LogP) is 2.00. The molecule has 1 aromatic carbocycles. The molecule has 7 nitrogen and oxygen atoms in total. The highest BCUT2D eigenvalue weighted by atomic mass is 35.5. The van der Waals surface area contributed by atoms with E-state index in [4.69, 9.17) is 11.6 Å². The van der Waals surface area contributed by atoms with Gasteiger partial charge < -0.3 is 5.32 Å². The maximum Gasteiger partial charge on any atom is 0.302 e. The molecule has 2 rings (SSSR count). The summed E-state index contributed by atoms with van der Waals surface area (Å²) < 4.78 is 26.7. The minimum absolute atomic E-state index is 0.168. The molecule has 0 unspecified atom stereocenters. The monoisotopic (exact) mass is 355 g/mol. The van der Waals surface area contributed by atoms with Crippen molar-refractivity contribution in [2.75, 3.05) is 30.7 Å². The van der Waals surface area contributed by atoms with Gasteiger partial charge in [0.15, 0.2) is 5.82 Å². The van der Waals surface area contributed by atoms with E-state index in [0.717, 1.165) is 16.3 Å². The van der Waals surface area contributed by atoms with E-state index in [1.807, 2.05) is 24.3 Å². The molecule has 0 spiro atoms. The highest BCUT2D eigenvalue weighted by Crippen LogP contribution is 2.11. The van der Waals surface area contributed by atoms with Gasteiger partial charge in [0.2, 0.25) is 0 Å². The first-order valence-electron chi connectivity index (χ1n) is 6.89. The normalized spacial score (nSPS) is 11.5. The van der Waals surface area contributed by atoms with Gasteiger partial charge in [-0.25, -0.2) is 0 Å². The van der Waals surface area contributed by atoms with Crippen LogP contribution in [-0.4, -0.2) is 43.6 Å². The van der Waals surface area contributed by atoms with Crippen molar-refractivity contribution in [1.82, 2.24) is 14.5 Å². The zero-order valence-electron chi connectivity index (χ0n) is 12.8. The zero-order valence-corrected chi connectivity index (χ0v) is 14.4. The Morgan fingerprint density at radius 1 is 1.04 bits per heavy atom. The number of nitrogens with one attached hydrogen (secondary N) is 2. The van der Waals surface area contributed by atoms with Crippen molar-refractivity contribution in [1.29, 1.82) is 0 Å². The quantitative estimate of drug-likeness (QED) is 0.793. The van der Waals surface area contributed by atoms with Gasteiger partial charge in [0, 0.05) is 25.7 Å². The Morgan fingerprint density at radius 2 is 1.65 bits per heavy atom. The molecular formula is C14H18ClN5O2S. The van der Waals surface area contributed by atoms with Gasteiger partial charge >= 0.3 is 10.2 Å². The second kappa shape index (κ2) is 7.58. The Kier molecular flexibility index (Phi) is 5.75. The first-order valence-corrected chi connectivity index (χ1v) is 8.71. The first-order chi connectivity index (χ1) is 10.9. The van der Waals surface area contributed by atoms with Crippen molar-refractivity contribution in [3.8, 4) is 0 Å². The van der Waals surface area contributed by atoms with Gasteiger partial charge in [-0.2, -0.15) is 12.7 Å². The summed E-state index contributed by atoms with van der Waals surface area (Å²) in [5.74, 6) is 0.744.